The van der Waals surface area contributed by atoms with E-state index in [2.05, 4.69) is 16.9 Å². The normalized spacial score (nSPS) is 14.9. The number of halogens is 1. The fourth-order valence-electron chi connectivity index (χ4n) is 4.19. The number of allylic oxidation sites excluding steroid dienone is 4. The largest absolute Gasteiger partial charge is 0.507 e. The summed E-state index contributed by atoms with van der Waals surface area (Å²) in [5.74, 6) is -2.03. The number of carbonyl (C=O) groups excluding carboxylic acids is 3. The van der Waals surface area contributed by atoms with E-state index in [1.807, 2.05) is 60.7 Å². The van der Waals surface area contributed by atoms with E-state index < -0.39 is 17.9 Å². The molecule has 0 radical (unpaired) electrons. The highest BCUT2D eigenvalue weighted by Gasteiger charge is 2.35. The number of amidine groups is 1. The van der Waals surface area contributed by atoms with Crippen LogP contribution in [0.15, 0.2) is 126 Å². The summed E-state index contributed by atoms with van der Waals surface area (Å²) < 4.78 is 0. The molecule has 2 N–H and O–H groups in total. The highest BCUT2D eigenvalue weighted by molar-refractivity contribution is 8.14. The monoisotopic (exact) mass is 597 g/mol. The Kier molecular flexibility index (Phi) is 10.3. The minimum atomic E-state index is -0.798. The number of thioether (sulfide) groups is 1. The summed E-state index contributed by atoms with van der Waals surface area (Å²) in [7, 11) is 0. The first-order valence-electron chi connectivity index (χ1n) is 13.0. The van der Waals surface area contributed by atoms with E-state index in [1.165, 1.54) is 29.2 Å². The van der Waals surface area contributed by atoms with Crippen molar-refractivity contribution < 1.29 is 19.5 Å². The molecule has 1 aliphatic rings. The molecule has 9 heteroatoms. The van der Waals surface area contributed by atoms with E-state index in [1.54, 1.807) is 31.2 Å². The molecule has 1 aliphatic heterocycles. The van der Waals surface area contributed by atoms with Crippen molar-refractivity contribution in [1.29, 1.82) is 0 Å². The molecular weight excluding hydrogens is 570 g/mol. The van der Waals surface area contributed by atoms with Crippen LogP contribution in [0.2, 0.25) is 5.02 Å². The zero-order valence-electron chi connectivity index (χ0n) is 22.7. The summed E-state index contributed by atoms with van der Waals surface area (Å²) in [6.45, 7) is 5.41. The lowest BCUT2D eigenvalue weighted by Gasteiger charge is -2.28. The minimum Gasteiger partial charge on any atom is -0.507 e. The number of aliphatic imine (C=N–C) groups is 1. The van der Waals surface area contributed by atoms with E-state index in [0.717, 1.165) is 22.9 Å². The van der Waals surface area contributed by atoms with Crippen LogP contribution in [0.4, 0.5) is 0 Å². The van der Waals surface area contributed by atoms with Gasteiger partial charge in [0.2, 0.25) is 5.91 Å². The SMILES string of the molecule is C=C/C=C\C(=C/C)N1C(=O)/C(=C/c2cc(Cl)ccc2O)C(=O)N=C1SCC(=O)NC(c1ccccc1)c1ccccc1. The van der Waals surface area contributed by atoms with E-state index in [-0.39, 0.29) is 33.7 Å². The van der Waals surface area contributed by atoms with Crippen molar-refractivity contribution in [3.8, 4) is 5.75 Å². The third-order valence-electron chi connectivity index (χ3n) is 6.20. The average molecular weight is 598 g/mol. The number of rotatable bonds is 9. The first-order valence-corrected chi connectivity index (χ1v) is 14.3. The quantitative estimate of drug-likeness (QED) is 0.168. The van der Waals surface area contributed by atoms with Crippen molar-refractivity contribution in [3.63, 3.8) is 0 Å². The molecule has 0 saturated carbocycles. The third-order valence-corrected chi connectivity index (χ3v) is 7.38. The number of phenols is 1. The molecule has 0 unspecified atom stereocenters. The molecule has 42 heavy (non-hydrogen) atoms. The van der Waals surface area contributed by atoms with Crippen molar-refractivity contribution in [3.05, 3.63) is 143 Å². The second kappa shape index (κ2) is 14.3. The van der Waals surface area contributed by atoms with Crippen LogP contribution < -0.4 is 5.32 Å². The number of nitrogens with one attached hydrogen (secondary N) is 1. The van der Waals surface area contributed by atoms with Crippen LogP contribution in [0.25, 0.3) is 6.08 Å². The zero-order chi connectivity index (χ0) is 30.1. The predicted octanol–water partition coefficient (Wildman–Crippen LogP) is 6.44. The number of hydrogen-bond donors (Lipinski definition) is 2. The van der Waals surface area contributed by atoms with Crippen LogP contribution in [-0.2, 0) is 14.4 Å². The molecular formula is C33H28ClN3O4S. The molecule has 4 rings (SSSR count). The molecule has 0 saturated heterocycles. The molecule has 3 aromatic rings. The molecule has 3 aromatic carbocycles. The van der Waals surface area contributed by atoms with Crippen LogP contribution in [0.3, 0.4) is 0 Å². The summed E-state index contributed by atoms with van der Waals surface area (Å²) in [4.78, 5) is 45.5. The summed E-state index contributed by atoms with van der Waals surface area (Å²) in [6, 6.07) is 23.1. The number of nitrogens with zero attached hydrogens (tertiary/aromatic N) is 2. The summed E-state index contributed by atoms with van der Waals surface area (Å²) in [6.07, 6.45) is 7.77. The number of carbonyl (C=O) groups is 3. The number of amides is 3. The lowest BCUT2D eigenvalue weighted by molar-refractivity contribution is -0.126. The Labute approximate surface area is 253 Å². The van der Waals surface area contributed by atoms with Gasteiger partial charge < -0.3 is 10.4 Å². The zero-order valence-corrected chi connectivity index (χ0v) is 24.3. The topological polar surface area (TPSA) is 99.1 Å². The molecule has 1 heterocycles. The average Bonchev–Trinajstić information content (AvgIpc) is 3.00. The van der Waals surface area contributed by atoms with Crippen molar-refractivity contribution in [2.24, 2.45) is 4.99 Å². The maximum absolute atomic E-state index is 13.7. The summed E-state index contributed by atoms with van der Waals surface area (Å²) in [5.41, 5.74) is 2.18. The number of benzene rings is 3. The van der Waals surface area contributed by atoms with Crippen molar-refractivity contribution in [2.45, 2.75) is 13.0 Å². The Balaban J connectivity index is 1.63. The Bertz CT molecular complexity index is 1580. The van der Waals surface area contributed by atoms with Gasteiger partial charge in [-0.3, -0.25) is 19.3 Å². The third kappa shape index (κ3) is 7.34. The van der Waals surface area contributed by atoms with Gasteiger partial charge in [0.05, 0.1) is 11.8 Å². The molecule has 0 fully saturated rings. The van der Waals surface area contributed by atoms with Crippen LogP contribution in [0, 0.1) is 0 Å². The lowest BCUT2D eigenvalue weighted by Crippen LogP contribution is -2.42. The molecule has 0 atom stereocenters. The molecule has 3 amide bonds. The van der Waals surface area contributed by atoms with Gasteiger partial charge in [0, 0.05) is 16.3 Å². The van der Waals surface area contributed by atoms with Crippen LogP contribution in [0.5, 0.6) is 5.75 Å². The van der Waals surface area contributed by atoms with Gasteiger partial charge in [-0.1, -0.05) is 109 Å². The van der Waals surface area contributed by atoms with E-state index in [0.29, 0.717) is 10.7 Å². The fraction of sp³-hybridized carbons (Fsp3) is 0.0909. The van der Waals surface area contributed by atoms with E-state index in [4.69, 9.17) is 11.6 Å². The maximum atomic E-state index is 13.7. The smallest absolute Gasteiger partial charge is 0.285 e. The van der Waals surface area contributed by atoms with Gasteiger partial charge in [-0.25, -0.2) is 0 Å². The second-order valence-corrected chi connectivity index (χ2v) is 10.4. The molecule has 7 nitrogen and oxygen atoms in total. The van der Waals surface area contributed by atoms with E-state index >= 15 is 0 Å². The standard InChI is InChI=1S/C33H28ClN3O4S/c1-3-5-16-26(4-2)37-32(41)27(20-24-19-25(34)17-18-28(24)38)31(40)36-33(37)42-21-29(39)35-30(22-12-8-6-9-13-22)23-14-10-7-11-15-23/h3-20,30,38H,1,21H2,2H3,(H,35,39)/b16-5-,26-4+,27-20+. The molecule has 0 spiro atoms. The summed E-state index contributed by atoms with van der Waals surface area (Å²) >= 11 is 7.03. The Morgan fingerprint density at radius 3 is 2.31 bits per heavy atom. The van der Waals surface area contributed by atoms with E-state index in [9.17, 15) is 19.5 Å². The Morgan fingerprint density at radius 2 is 1.71 bits per heavy atom. The highest BCUT2D eigenvalue weighted by atomic mass is 35.5. The van der Waals surface area contributed by atoms with Gasteiger partial charge in [0.1, 0.15) is 11.3 Å². The van der Waals surface area contributed by atoms with Crippen LogP contribution in [0.1, 0.15) is 29.7 Å². The fourth-order valence-corrected chi connectivity index (χ4v) is 5.18. The molecule has 0 aromatic heterocycles. The molecule has 0 aliphatic carbocycles. The number of hydrogen-bond acceptors (Lipinski definition) is 5. The Hall–Kier alpha value is -4.66. The Morgan fingerprint density at radius 1 is 1.07 bits per heavy atom. The van der Waals surface area contributed by atoms with Gasteiger partial charge in [-0.2, -0.15) is 4.99 Å². The van der Waals surface area contributed by atoms with Gasteiger partial charge in [0.15, 0.2) is 5.17 Å². The van der Waals surface area contributed by atoms with Crippen molar-refractivity contribution >= 4 is 52.3 Å². The number of phenolic OH excluding ortho intramolecular Hbond substituents is 1. The van der Waals surface area contributed by atoms with Gasteiger partial charge in [-0.05, 0) is 48.4 Å². The summed E-state index contributed by atoms with van der Waals surface area (Å²) in [5, 5.41) is 13.7. The first kappa shape index (κ1) is 30.3. The van der Waals surface area contributed by atoms with Gasteiger partial charge in [0.25, 0.3) is 11.8 Å². The van der Waals surface area contributed by atoms with Crippen LogP contribution >= 0.6 is 23.4 Å². The minimum absolute atomic E-state index is 0.0467. The van der Waals surface area contributed by atoms with Crippen molar-refractivity contribution in [1.82, 2.24) is 10.2 Å². The predicted molar refractivity (Wildman–Crippen MR) is 169 cm³/mol. The van der Waals surface area contributed by atoms with Gasteiger partial charge in [-0.15, -0.1) is 0 Å². The highest BCUT2D eigenvalue weighted by Crippen LogP contribution is 2.29. The number of aromatic hydroxyl groups is 1. The van der Waals surface area contributed by atoms with Crippen molar-refractivity contribution in [2.75, 3.05) is 5.75 Å². The van der Waals surface area contributed by atoms with Crippen LogP contribution in [-0.4, -0.2) is 38.6 Å². The lowest BCUT2D eigenvalue weighted by atomic mass is 9.99. The second-order valence-electron chi connectivity index (χ2n) is 9.02. The molecule has 212 valence electrons. The van der Waals surface area contributed by atoms with Gasteiger partial charge >= 0.3 is 0 Å². The maximum Gasteiger partial charge on any atom is 0.285 e. The first-order chi connectivity index (χ1) is 20.3. The molecule has 0 bridgehead atoms.